The Hall–Kier alpha value is -2.90. The summed E-state index contributed by atoms with van der Waals surface area (Å²) in [5, 5.41) is 20.4. The first kappa shape index (κ1) is 13.5. The molecule has 2 amide bonds. The number of aromatic nitrogens is 3. The molecule has 0 atom stereocenters. The van der Waals surface area contributed by atoms with Gasteiger partial charge in [0.05, 0.1) is 12.1 Å². The van der Waals surface area contributed by atoms with Gasteiger partial charge >= 0.3 is 12.0 Å². The Balaban J connectivity index is 1.95. The number of aryl methyl sites for hydroxylation is 1. The number of aromatic carboxylic acids is 1. The van der Waals surface area contributed by atoms with E-state index in [1.165, 1.54) is 18.5 Å². The lowest BCUT2D eigenvalue weighted by Gasteiger charge is -2.09. The van der Waals surface area contributed by atoms with Crippen LogP contribution in [-0.2, 0) is 6.54 Å². The summed E-state index contributed by atoms with van der Waals surface area (Å²) < 4.78 is 0. The van der Waals surface area contributed by atoms with Crippen LogP contribution in [0.1, 0.15) is 21.7 Å². The second kappa shape index (κ2) is 5.83. The van der Waals surface area contributed by atoms with Crippen molar-refractivity contribution in [3.63, 3.8) is 0 Å². The molecular formula is C12H13N5O3. The van der Waals surface area contributed by atoms with Crippen molar-refractivity contribution in [2.45, 2.75) is 13.5 Å². The van der Waals surface area contributed by atoms with Crippen LogP contribution in [0.5, 0.6) is 0 Å². The molecule has 20 heavy (non-hydrogen) atoms. The number of nitrogens with zero attached hydrogens (tertiary/aromatic N) is 2. The van der Waals surface area contributed by atoms with Crippen molar-refractivity contribution in [1.82, 2.24) is 20.5 Å². The Kier molecular flexibility index (Phi) is 3.94. The molecule has 0 aliphatic heterocycles. The second-order valence-corrected chi connectivity index (χ2v) is 4.07. The Morgan fingerprint density at radius 3 is 2.80 bits per heavy atom. The number of urea groups is 1. The lowest BCUT2D eigenvalue weighted by molar-refractivity contribution is 0.0697. The fourth-order valence-corrected chi connectivity index (χ4v) is 1.58. The minimum absolute atomic E-state index is 0.176. The Labute approximate surface area is 114 Å². The largest absolute Gasteiger partial charge is 0.478 e. The summed E-state index contributed by atoms with van der Waals surface area (Å²) in [5.41, 5.74) is 1.39. The lowest BCUT2D eigenvalue weighted by Crippen LogP contribution is -2.28. The molecule has 0 aliphatic carbocycles. The number of carbonyl (C=O) groups is 2. The Morgan fingerprint density at radius 2 is 2.20 bits per heavy atom. The predicted molar refractivity (Wildman–Crippen MR) is 70.4 cm³/mol. The molecular weight excluding hydrogens is 262 g/mol. The number of carbonyl (C=O) groups excluding carboxylic acids is 1. The highest BCUT2D eigenvalue weighted by molar-refractivity contribution is 5.92. The van der Waals surface area contributed by atoms with Gasteiger partial charge in [0, 0.05) is 5.69 Å². The van der Waals surface area contributed by atoms with Crippen LogP contribution in [0.25, 0.3) is 0 Å². The molecule has 0 radical (unpaired) electrons. The third-order valence-electron chi connectivity index (χ3n) is 2.60. The van der Waals surface area contributed by atoms with Gasteiger partial charge in [0.2, 0.25) is 0 Å². The Bertz CT molecular complexity index is 624. The van der Waals surface area contributed by atoms with Crippen LogP contribution >= 0.6 is 0 Å². The van der Waals surface area contributed by atoms with E-state index >= 15 is 0 Å². The first-order valence-electron chi connectivity index (χ1n) is 5.79. The molecule has 104 valence electrons. The molecule has 0 saturated heterocycles. The summed E-state index contributed by atoms with van der Waals surface area (Å²) in [5.74, 6) is -0.465. The predicted octanol–water partition coefficient (Wildman–Crippen LogP) is 1.13. The molecule has 8 heteroatoms. The zero-order valence-corrected chi connectivity index (χ0v) is 10.7. The van der Waals surface area contributed by atoms with Crippen LogP contribution in [-0.4, -0.2) is 32.3 Å². The number of benzene rings is 1. The molecule has 0 fully saturated rings. The molecule has 1 heterocycles. The van der Waals surface area contributed by atoms with E-state index in [-0.39, 0.29) is 12.1 Å². The molecule has 0 aliphatic rings. The highest BCUT2D eigenvalue weighted by Crippen LogP contribution is 2.16. The summed E-state index contributed by atoms with van der Waals surface area (Å²) >= 11 is 0. The van der Waals surface area contributed by atoms with E-state index in [0.717, 1.165) is 0 Å². The van der Waals surface area contributed by atoms with Gasteiger partial charge in [-0.1, -0.05) is 0 Å². The van der Waals surface area contributed by atoms with Gasteiger partial charge in [-0.15, -0.1) is 0 Å². The van der Waals surface area contributed by atoms with E-state index in [1.807, 2.05) is 0 Å². The molecule has 8 nitrogen and oxygen atoms in total. The monoisotopic (exact) mass is 275 g/mol. The minimum Gasteiger partial charge on any atom is -0.478 e. The smallest absolute Gasteiger partial charge is 0.335 e. The third-order valence-corrected chi connectivity index (χ3v) is 2.60. The number of carboxylic acid groups (broad SMARTS) is 1. The summed E-state index contributed by atoms with van der Waals surface area (Å²) in [4.78, 5) is 26.4. The normalized spacial score (nSPS) is 10.1. The standard InChI is InChI=1S/C12H13N5O3/c1-7-4-8(11(18)19)2-3-9(7)16-12(20)13-5-10-14-6-15-17-10/h2-4,6H,5H2,1H3,(H,18,19)(H2,13,16,20)(H,14,15,17). The number of aromatic amines is 1. The number of amides is 2. The van der Waals surface area contributed by atoms with Gasteiger partial charge in [-0.25, -0.2) is 14.6 Å². The van der Waals surface area contributed by atoms with Gasteiger partial charge in [-0.3, -0.25) is 5.10 Å². The number of anilines is 1. The van der Waals surface area contributed by atoms with E-state index in [4.69, 9.17) is 5.11 Å². The van der Waals surface area contributed by atoms with Crippen LogP contribution in [0.15, 0.2) is 24.5 Å². The zero-order valence-electron chi connectivity index (χ0n) is 10.7. The minimum atomic E-state index is -1.01. The van der Waals surface area contributed by atoms with Crippen LogP contribution in [0.2, 0.25) is 0 Å². The SMILES string of the molecule is Cc1cc(C(=O)O)ccc1NC(=O)NCc1ncn[nH]1. The zero-order chi connectivity index (χ0) is 14.5. The number of hydrogen-bond acceptors (Lipinski definition) is 4. The molecule has 1 aromatic carbocycles. The molecule has 2 rings (SSSR count). The highest BCUT2D eigenvalue weighted by atomic mass is 16.4. The first-order chi connectivity index (χ1) is 9.56. The fraction of sp³-hybridized carbons (Fsp3) is 0.167. The maximum Gasteiger partial charge on any atom is 0.335 e. The number of rotatable bonds is 4. The molecule has 1 aromatic heterocycles. The van der Waals surface area contributed by atoms with Gasteiger partial charge < -0.3 is 15.7 Å². The van der Waals surface area contributed by atoms with Gasteiger partial charge in [0.1, 0.15) is 12.2 Å². The third kappa shape index (κ3) is 3.31. The van der Waals surface area contributed by atoms with Crippen molar-refractivity contribution in [2.75, 3.05) is 5.32 Å². The topological polar surface area (TPSA) is 120 Å². The van der Waals surface area contributed by atoms with Gasteiger partial charge in [-0.05, 0) is 30.7 Å². The molecule has 4 N–H and O–H groups in total. The van der Waals surface area contributed by atoms with Crippen LogP contribution in [0.4, 0.5) is 10.5 Å². The summed E-state index contributed by atoms with van der Waals surface area (Å²) in [6.07, 6.45) is 1.35. The van der Waals surface area contributed by atoms with E-state index in [0.29, 0.717) is 17.1 Å². The molecule has 0 unspecified atom stereocenters. The number of H-pyrrole nitrogens is 1. The number of hydrogen-bond donors (Lipinski definition) is 4. The lowest BCUT2D eigenvalue weighted by atomic mass is 10.1. The van der Waals surface area contributed by atoms with Crippen molar-refractivity contribution < 1.29 is 14.7 Å². The molecule has 2 aromatic rings. The summed E-state index contributed by atoms with van der Waals surface area (Å²) in [7, 11) is 0. The van der Waals surface area contributed by atoms with Crippen molar-refractivity contribution in [1.29, 1.82) is 0 Å². The average molecular weight is 275 g/mol. The van der Waals surface area contributed by atoms with Crippen molar-refractivity contribution >= 4 is 17.7 Å². The maximum atomic E-state index is 11.7. The quantitative estimate of drug-likeness (QED) is 0.666. The van der Waals surface area contributed by atoms with E-state index in [1.54, 1.807) is 13.0 Å². The summed E-state index contributed by atoms with van der Waals surface area (Å²) in [6, 6.07) is 4.07. The number of nitrogens with one attached hydrogen (secondary N) is 3. The van der Waals surface area contributed by atoms with Crippen molar-refractivity contribution in [2.24, 2.45) is 0 Å². The van der Waals surface area contributed by atoms with Crippen LogP contribution in [0, 0.1) is 6.92 Å². The van der Waals surface area contributed by atoms with Crippen LogP contribution < -0.4 is 10.6 Å². The highest BCUT2D eigenvalue weighted by Gasteiger charge is 2.08. The fourth-order valence-electron chi connectivity index (χ4n) is 1.58. The van der Waals surface area contributed by atoms with Gasteiger partial charge in [0.15, 0.2) is 0 Å². The van der Waals surface area contributed by atoms with Gasteiger partial charge in [0.25, 0.3) is 0 Å². The van der Waals surface area contributed by atoms with E-state index in [2.05, 4.69) is 25.8 Å². The summed E-state index contributed by atoms with van der Waals surface area (Å²) in [6.45, 7) is 1.94. The molecule has 0 saturated carbocycles. The first-order valence-corrected chi connectivity index (χ1v) is 5.79. The average Bonchev–Trinajstić information content (AvgIpc) is 2.91. The van der Waals surface area contributed by atoms with E-state index in [9.17, 15) is 9.59 Å². The second-order valence-electron chi connectivity index (χ2n) is 4.07. The maximum absolute atomic E-state index is 11.7. The molecule has 0 bridgehead atoms. The molecule has 0 spiro atoms. The van der Waals surface area contributed by atoms with Crippen LogP contribution in [0.3, 0.4) is 0 Å². The van der Waals surface area contributed by atoms with E-state index < -0.39 is 12.0 Å². The Morgan fingerprint density at radius 1 is 1.40 bits per heavy atom. The van der Waals surface area contributed by atoms with Gasteiger partial charge in [-0.2, -0.15) is 5.10 Å². The number of carboxylic acids is 1. The van der Waals surface area contributed by atoms with Crippen molar-refractivity contribution in [3.05, 3.63) is 41.5 Å². The van der Waals surface area contributed by atoms with Crippen molar-refractivity contribution in [3.8, 4) is 0 Å².